The van der Waals surface area contributed by atoms with Gasteiger partial charge in [0, 0.05) is 24.7 Å². The van der Waals surface area contributed by atoms with Gasteiger partial charge in [-0.05, 0) is 56.8 Å². The molecule has 3 heteroatoms. The molecule has 1 aliphatic rings. The van der Waals surface area contributed by atoms with Crippen LogP contribution in [0.4, 0.5) is 0 Å². The molecule has 0 amide bonds. The summed E-state index contributed by atoms with van der Waals surface area (Å²) in [5.41, 5.74) is 0.452. The van der Waals surface area contributed by atoms with Gasteiger partial charge in [-0.15, -0.1) is 12.4 Å². The summed E-state index contributed by atoms with van der Waals surface area (Å²) < 4.78 is 47.3. The first-order valence-electron chi connectivity index (χ1n) is 9.93. The fraction of sp³-hybridized carbons (Fsp3) is 0.647. The van der Waals surface area contributed by atoms with Gasteiger partial charge in [0.05, 0.1) is 0 Å². The van der Waals surface area contributed by atoms with Gasteiger partial charge in [-0.3, -0.25) is 0 Å². The molecule has 1 saturated carbocycles. The Hall–Kier alpha value is -0.240. The van der Waals surface area contributed by atoms with Crippen LogP contribution in [0.5, 0.6) is 0 Å². The summed E-state index contributed by atoms with van der Waals surface area (Å²) in [7, 11) is 0. The minimum absolute atomic E-state index is 0. The monoisotopic (exact) mass is 321 g/mol. The van der Waals surface area contributed by atoms with Gasteiger partial charge >= 0.3 is 0 Å². The van der Waals surface area contributed by atoms with Crippen molar-refractivity contribution < 1.29 is 8.22 Å². The topological polar surface area (TPSA) is 3.24 Å². The predicted molar refractivity (Wildman–Crippen MR) is 91.2 cm³/mol. The average Bonchev–Trinajstić information content (AvgIpc) is 2.32. The zero-order valence-corrected chi connectivity index (χ0v) is 13.6. The Bertz CT molecular complexity index is 582. The Morgan fingerprint density at radius 1 is 1.35 bits per heavy atom. The maximum Gasteiger partial charge on any atom is 0.0408 e. The molecule has 20 heavy (non-hydrogen) atoms. The van der Waals surface area contributed by atoms with E-state index < -0.39 is 25.4 Å². The normalized spacial score (nSPS) is 24.2. The van der Waals surface area contributed by atoms with Gasteiger partial charge in [0.25, 0.3) is 0 Å². The minimum atomic E-state index is -2.69. The van der Waals surface area contributed by atoms with Crippen LogP contribution >= 0.6 is 24.0 Å². The second kappa shape index (κ2) is 7.15. The SMILES string of the molecule is Cl.[2H]C([2H])([2H])N(C(CC(C)C)C1(c2cccc(Cl)c2)CCC1)C([2H])([2H])[2H]. The standard InChI is InChI=1S/C17H26ClN.ClH/c1-13(2)11-16(19(3)4)17(9-6-10-17)14-7-5-8-15(18)12-14;/h5,7-8,12-13,16H,6,9-11H2,1-4H3;1H/i3D3,4D3;. The van der Waals surface area contributed by atoms with Crippen LogP contribution in [-0.4, -0.2) is 24.9 Å². The number of benzene rings is 1. The highest BCUT2D eigenvalue weighted by Gasteiger charge is 2.46. The van der Waals surface area contributed by atoms with Crippen molar-refractivity contribution in [3.05, 3.63) is 34.9 Å². The van der Waals surface area contributed by atoms with E-state index in [0.29, 0.717) is 11.4 Å². The molecule has 0 heterocycles. The molecular formula is C17H27Cl2N. The minimum Gasteiger partial charge on any atom is -0.306 e. The Morgan fingerprint density at radius 2 is 2.05 bits per heavy atom. The molecule has 1 aromatic rings. The van der Waals surface area contributed by atoms with Crippen molar-refractivity contribution in [1.82, 2.24) is 4.90 Å². The van der Waals surface area contributed by atoms with Crippen molar-refractivity contribution in [2.45, 2.75) is 51.0 Å². The molecular weight excluding hydrogens is 289 g/mol. The Balaban J connectivity index is 0.00000338. The quantitative estimate of drug-likeness (QED) is 0.724. The fourth-order valence-electron chi connectivity index (χ4n) is 3.19. The third-order valence-electron chi connectivity index (χ3n) is 4.29. The first-order valence-corrected chi connectivity index (χ1v) is 7.31. The Labute approximate surface area is 143 Å². The van der Waals surface area contributed by atoms with Crippen LogP contribution in [0, 0.1) is 5.92 Å². The lowest BCUT2D eigenvalue weighted by atomic mass is 9.58. The second-order valence-electron chi connectivity index (χ2n) is 6.04. The Morgan fingerprint density at radius 3 is 2.50 bits per heavy atom. The van der Waals surface area contributed by atoms with E-state index in [-0.39, 0.29) is 18.3 Å². The molecule has 0 bridgehead atoms. The van der Waals surface area contributed by atoms with E-state index in [1.54, 1.807) is 6.07 Å². The summed E-state index contributed by atoms with van der Waals surface area (Å²) in [5.74, 6) is 0.175. The molecule has 0 saturated heterocycles. The fourth-order valence-corrected chi connectivity index (χ4v) is 3.39. The molecule has 114 valence electrons. The first kappa shape index (κ1) is 10.5. The largest absolute Gasteiger partial charge is 0.306 e. The van der Waals surface area contributed by atoms with Crippen LogP contribution < -0.4 is 0 Å². The summed E-state index contributed by atoms with van der Waals surface area (Å²) in [5, 5.41) is 0.585. The highest BCUT2D eigenvalue weighted by atomic mass is 35.5. The zero-order valence-electron chi connectivity index (χ0n) is 18.0. The van der Waals surface area contributed by atoms with E-state index in [1.807, 2.05) is 32.0 Å². The smallest absolute Gasteiger partial charge is 0.0408 e. The summed E-state index contributed by atoms with van der Waals surface area (Å²) >= 11 is 6.17. The third kappa shape index (κ3) is 3.50. The molecule has 1 atom stereocenters. The molecule has 0 aromatic heterocycles. The summed E-state index contributed by atoms with van der Waals surface area (Å²) in [6.45, 7) is -1.39. The number of halogens is 2. The predicted octanol–water partition coefficient (Wildman–Crippen LogP) is 5.16. The molecule has 1 unspecified atom stereocenters. The summed E-state index contributed by atoms with van der Waals surface area (Å²) in [6.07, 6.45) is 3.00. The van der Waals surface area contributed by atoms with Crippen molar-refractivity contribution in [2.75, 3.05) is 14.0 Å². The van der Waals surface area contributed by atoms with Crippen LogP contribution in [-0.2, 0) is 5.41 Å². The number of hydrogen-bond acceptors (Lipinski definition) is 1. The molecule has 0 radical (unpaired) electrons. The van der Waals surface area contributed by atoms with Crippen LogP contribution in [0.15, 0.2) is 24.3 Å². The molecule has 1 aromatic carbocycles. The van der Waals surface area contributed by atoms with Crippen LogP contribution in [0.25, 0.3) is 0 Å². The van der Waals surface area contributed by atoms with Crippen LogP contribution in [0.3, 0.4) is 0 Å². The first-order chi connectivity index (χ1) is 11.4. The van der Waals surface area contributed by atoms with Gasteiger partial charge in [0.1, 0.15) is 0 Å². The highest BCUT2D eigenvalue weighted by Crippen LogP contribution is 2.49. The molecule has 0 spiro atoms. The molecule has 0 N–H and O–H groups in total. The molecule has 2 rings (SSSR count). The van der Waals surface area contributed by atoms with Gasteiger partial charge in [0.15, 0.2) is 0 Å². The number of nitrogens with zero attached hydrogens (tertiary/aromatic N) is 1. The number of hydrogen-bond donors (Lipinski definition) is 0. The Kier molecular flexibility index (Phi) is 3.75. The van der Waals surface area contributed by atoms with Crippen molar-refractivity contribution in [3.8, 4) is 0 Å². The van der Waals surface area contributed by atoms with Gasteiger partial charge in [-0.2, -0.15) is 0 Å². The van der Waals surface area contributed by atoms with Crippen molar-refractivity contribution >= 4 is 24.0 Å². The van der Waals surface area contributed by atoms with E-state index in [9.17, 15) is 0 Å². The van der Waals surface area contributed by atoms with Gasteiger partial charge in [-0.25, -0.2) is 0 Å². The van der Waals surface area contributed by atoms with Crippen LogP contribution in [0.1, 0.15) is 53.3 Å². The molecule has 1 fully saturated rings. The number of likely N-dealkylation sites (N-methyl/N-ethyl adjacent to an activating group) is 1. The lowest BCUT2D eigenvalue weighted by Crippen LogP contribution is -2.52. The summed E-state index contributed by atoms with van der Waals surface area (Å²) in [4.78, 5) is 0.792. The van der Waals surface area contributed by atoms with Crippen molar-refractivity contribution in [3.63, 3.8) is 0 Å². The van der Waals surface area contributed by atoms with Gasteiger partial charge in [0.2, 0.25) is 0 Å². The number of rotatable bonds is 5. The average molecular weight is 322 g/mol. The third-order valence-corrected chi connectivity index (χ3v) is 4.52. The maximum absolute atomic E-state index is 7.88. The summed E-state index contributed by atoms with van der Waals surface area (Å²) in [6, 6.07) is 6.82. The highest BCUT2D eigenvalue weighted by molar-refractivity contribution is 6.30. The van der Waals surface area contributed by atoms with E-state index >= 15 is 0 Å². The maximum atomic E-state index is 7.88. The lowest BCUT2D eigenvalue weighted by molar-refractivity contribution is 0.0808. The van der Waals surface area contributed by atoms with E-state index in [2.05, 4.69) is 0 Å². The van der Waals surface area contributed by atoms with E-state index in [4.69, 9.17) is 19.8 Å². The van der Waals surface area contributed by atoms with E-state index in [0.717, 1.165) is 29.7 Å². The van der Waals surface area contributed by atoms with Crippen molar-refractivity contribution in [1.29, 1.82) is 0 Å². The zero-order chi connectivity index (χ0) is 19.0. The van der Waals surface area contributed by atoms with E-state index in [1.165, 1.54) is 0 Å². The molecule has 0 aliphatic heterocycles. The van der Waals surface area contributed by atoms with Gasteiger partial charge < -0.3 is 4.90 Å². The van der Waals surface area contributed by atoms with Gasteiger partial charge in [-0.1, -0.05) is 44.0 Å². The lowest BCUT2D eigenvalue weighted by Gasteiger charge is -2.51. The van der Waals surface area contributed by atoms with Crippen molar-refractivity contribution in [2.24, 2.45) is 5.92 Å². The van der Waals surface area contributed by atoms with Crippen LogP contribution in [0.2, 0.25) is 5.02 Å². The molecule has 1 aliphatic carbocycles. The second-order valence-corrected chi connectivity index (χ2v) is 6.47. The molecule has 1 nitrogen and oxygen atoms in total.